The number of rotatable bonds is 4. The van der Waals surface area contributed by atoms with E-state index in [9.17, 15) is 4.79 Å². The summed E-state index contributed by atoms with van der Waals surface area (Å²) in [5.41, 5.74) is 2.77. The van der Waals surface area contributed by atoms with Gasteiger partial charge in [-0.3, -0.25) is 4.79 Å². The number of oxazole rings is 1. The molecule has 2 heterocycles. The van der Waals surface area contributed by atoms with Gasteiger partial charge in [-0.05, 0) is 18.6 Å². The van der Waals surface area contributed by atoms with Crippen LogP contribution in [0.1, 0.15) is 11.5 Å². The van der Waals surface area contributed by atoms with E-state index in [1.165, 1.54) is 0 Å². The van der Waals surface area contributed by atoms with E-state index in [1.54, 1.807) is 0 Å². The largest absolute Gasteiger partial charge is 0.441 e. The van der Waals surface area contributed by atoms with E-state index in [0.29, 0.717) is 32.0 Å². The second kappa shape index (κ2) is 7.58. The molecule has 6 nitrogen and oxygen atoms in total. The predicted octanol–water partition coefficient (Wildman–Crippen LogP) is 1.21. The van der Waals surface area contributed by atoms with Crippen LogP contribution >= 0.6 is 12.4 Å². The van der Waals surface area contributed by atoms with Crippen LogP contribution in [0, 0.1) is 6.92 Å². The van der Waals surface area contributed by atoms with Crippen LogP contribution in [0.15, 0.2) is 22.6 Å². The average molecular weight is 326 g/mol. The summed E-state index contributed by atoms with van der Waals surface area (Å²) in [6, 6.07) is 5.85. The van der Waals surface area contributed by atoms with E-state index < -0.39 is 6.10 Å². The van der Waals surface area contributed by atoms with Gasteiger partial charge in [0.05, 0.1) is 6.61 Å². The maximum absolute atomic E-state index is 11.9. The van der Waals surface area contributed by atoms with Gasteiger partial charge < -0.3 is 19.8 Å². The Morgan fingerprint density at radius 2 is 2.36 bits per heavy atom. The lowest BCUT2D eigenvalue weighted by atomic mass is 10.2. The summed E-state index contributed by atoms with van der Waals surface area (Å²) < 4.78 is 11.1. The number of carbonyl (C=O) groups is 1. The molecule has 1 unspecified atom stereocenters. The summed E-state index contributed by atoms with van der Waals surface area (Å²) in [7, 11) is 0. The lowest BCUT2D eigenvalue weighted by Crippen LogP contribution is -2.48. The molecule has 1 aliphatic rings. The molecule has 1 aromatic heterocycles. The van der Waals surface area contributed by atoms with Crippen LogP contribution in [0.2, 0.25) is 0 Å². The van der Waals surface area contributed by atoms with Crippen LogP contribution in [-0.2, 0) is 16.0 Å². The molecule has 0 aliphatic carbocycles. The molecule has 22 heavy (non-hydrogen) atoms. The number of morpholine rings is 1. The Bertz CT molecular complexity index is 638. The van der Waals surface area contributed by atoms with Crippen molar-refractivity contribution in [2.24, 2.45) is 0 Å². The summed E-state index contributed by atoms with van der Waals surface area (Å²) in [6.07, 6.45) is 0.171. The zero-order chi connectivity index (χ0) is 14.7. The van der Waals surface area contributed by atoms with Crippen molar-refractivity contribution in [3.05, 3.63) is 29.7 Å². The highest BCUT2D eigenvalue weighted by molar-refractivity contribution is 5.85. The molecule has 1 saturated heterocycles. The van der Waals surface area contributed by atoms with E-state index in [4.69, 9.17) is 9.15 Å². The van der Waals surface area contributed by atoms with Crippen molar-refractivity contribution in [1.82, 2.24) is 15.6 Å². The van der Waals surface area contributed by atoms with Gasteiger partial charge in [-0.25, -0.2) is 4.98 Å². The summed E-state index contributed by atoms with van der Waals surface area (Å²) in [5, 5.41) is 5.99. The van der Waals surface area contributed by atoms with Crippen molar-refractivity contribution in [1.29, 1.82) is 0 Å². The first-order valence-electron chi connectivity index (χ1n) is 7.19. The Labute approximate surface area is 135 Å². The molecule has 0 saturated carbocycles. The van der Waals surface area contributed by atoms with Gasteiger partial charge in [-0.1, -0.05) is 12.1 Å². The number of para-hydroxylation sites is 1. The highest BCUT2D eigenvalue weighted by Crippen LogP contribution is 2.18. The van der Waals surface area contributed by atoms with Crippen LogP contribution in [0.4, 0.5) is 0 Å². The molecule has 2 N–H and O–H groups in total. The highest BCUT2D eigenvalue weighted by Gasteiger charge is 2.21. The van der Waals surface area contributed by atoms with Gasteiger partial charge in [0.15, 0.2) is 11.5 Å². The smallest absolute Gasteiger partial charge is 0.250 e. The first-order chi connectivity index (χ1) is 10.2. The van der Waals surface area contributed by atoms with E-state index in [2.05, 4.69) is 15.6 Å². The van der Waals surface area contributed by atoms with Gasteiger partial charge in [0, 0.05) is 26.1 Å². The minimum absolute atomic E-state index is 0. The number of aryl methyl sites for hydroxylation is 1. The number of benzene rings is 1. The van der Waals surface area contributed by atoms with Crippen molar-refractivity contribution in [3.8, 4) is 0 Å². The van der Waals surface area contributed by atoms with Gasteiger partial charge in [0.1, 0.15) is 11.6 Å². The molecule has 0 spiro atoms. The third-order valence-corrected chi connectivity index (χ3v) is 3.52. The Morgan fingerprint density at radius 3 is 3.09 bits per heavy atom. The van der Waals surface area contributed by atoms with E-state index in [1.807, 2.05) is 25.1 Å². The highest BCUT2D eigenvalue weighted by atomic mass is 35.5. The van der Waals surface area contributed by atoms with Gasteiger partial charge in [0.2, 0.25) is 5.91 Å². The van der Waals surface area contributed by atoms with Crippen LogP contribution in [0.5, 0.6) is 0 Å². The molecule has 2 aromatic rings. The minimum Gasteiger partial charge on any atom is -0.441 e. The van der Waals surface area contributed by atoms with Gasteiger partial charge in [-0.2, -0.15) is 0 Å². The van der Waals surface area contributed by atoms with E-state index >= 15 is 0 Å². The third-order valence-electron chi connectivity index (χ3n) is 3.52. The number of aromatic nitrogens is 1. The standard InChI is InChI=1S/C15H19N3O3.ClH/c1-10-3-2-4-11-14(10)18-13(21-11)5-6-17-15(19)12-9-16-7-8-20-12;/h2-4,12,16H,5-9H2,1H3,(H,17,19);1H. The van der Waals surface area contributed by atoms with Crippen LogP contribution in [0.25, 0.3) is 11.1 Å². The lowest BCUT2D eigenvalue weighted by Gasteiger charge is -2.22. The molecule has 1 aliphatic heterocycles. The number of amides is 1. The molecular formula is C15H20ClN3O3. The van der Waals surface area contributed by atoms with Crippen molar-refractivity contribution in [3.63, 3.8) is 0 Å². The zero-order valence-corrected chi connectivity index (χ0v) is 13.2. The molecule has 3 rings (SSSR count). The quantitative estimate of drug-likeness (QED) is 0.883. The maximum atomic E-state index is 11.9. The number of nitrogens with one attached hydrogen (secondary N) is 2. The number of hydrogen-bond acceptors (Lipinski definition) is 5. The fourth-order valence-corrected chi connectivity index (χ4v) is 2.38. The Morgan fingerprint density at radius 1 is 1.50 bits per heavy atom. The van der Waals surface area contributed by atoms with Crippen LogP contribution in [-0.4, -0.2) is 43.2 Å². The molecular weight excluding hydrogens is 306 g/mol. The molecule has 120 valence electrons. The number of carbonyl (C=O) groups excluding carboxylic acids is 1. The fraction of sp³-hybridized carbons (Fsp3) is 0.467. The normalized spacial score (nSPS) is 18.0. The SMILES string of the molecule is Cc1cccc2oc(CCNC(=O)C3CNCCO3)nc12.Cl. The van der Waals surface area contributed by atoms with E-state index in [0.717, 1.165) is 23.2 Å². The minimum atomic E-state index is -0.398. The number of halogens is 1. The van der Waals surface area contributed by atoms with Crippen molar-refractivity contribution >= 4 is 29.4 Å². The summed E-state index contributed by atoms with van der Waals surface area (Å²) in [6.45, 7) is 4.43. The van der Waals surface area contributed by atoms with Crippen molar-refractivity contribution < 1.29 is 13.9 Å². The van der Waals surface area contributed by atoms with Gasteiger partial charge >= 0.3 is 0 Å². The molecule has 1 amide bonds. The summed E-state index contributed by atoms with van der Waals surface area (Å²) >= 11 is 0. The topological polar surface area (TPSA) is 76.4 Å². The summed E-state index contributed by atoms with van der Waals surface area (Å²) in [5.74, 6) is 0.553. The Hall–Kier alpha value is -1.63. The molecule has 1 atom stereocenters. The number of hydrogen-bond donors (Lipinski definition) is 2. The average Bonchev–Trinajstić information content (AvgIpc) is 2.92. The molecule has 1 aromatic carbocycles. The second-order valence-electron chi connectivity index (χ2n) is 5.13. The fourth-order valence-electron chi connectivity index (χ4n) is 2.38. The van der Waals surface area contributed by atoms with Gasteiger partial charge in [-0.15, -0.1) is 12.4 Å². The molecule has 0 radical (unpaired) electrons. The van der Waals surface area contributed by atoms with E-state index in [-0.39, 0.29) is 18.3 Å². The lowest BCUT2D eigenvalue weighted by molar-refractivity contribution is -0.134. The maximum Gasteiger partial charge on any atom is 0.250 e. The van der Waals surface area contributed by atoms with Crippen molar-refractivity contribution in [2.75, 3.05) is 26.2 Å². The first-order valence-corrected chi connectivity index (χ1v) is 7.19. The molecule has 7 heteroatoms. The number of nitrogens with zero attached hydrogens (tertiary/aromatic N) is 1. The number of fused-ring (bicyclic) bond motifs is 1. The predicted molar refractivity (Wildman–Crippen MR) is 85.3 cm³/mol. The van der Waals surface area contributed by atoms with Crippen molar-refractivity contribution in [2.45, 2.75) is 19.4 Å². The number of ether oxygens (including phenoxy) is 1. The van der Waals surface area contributed by atoms with Crippen LogP contribution < -0.4 is 10.6 Å². The van der Waals surface area contributed by atoms with Gasteiger partial charge in [0.25, 0.3) is 0 Å². The molecule has 0 bridgehead atoms. The summed E-state index contributed by atoms with van der Waals surface area (Å²) in [4.78, 5) is 16.3. The zero-order valence-electron chi connectivity index (χ0n) is 12.4. The Balaban J connectivity index is 0.00000176. The Kier molecular flexibility index (Phi) is 5.76. The first kappa shape index (κ1) is 16.7. The second-order valence-corrected chi connectivity index (χ2v) is 5.13. The third kappa shape index (κ3) is 3.76. The molecule has 1 fully saturated rings. The monoisotopic (exact) mass is 325 g/mol. The van der Waals surface area contributed by atoms with Crippen LogP contribution in [0.3, 0.4) is 0 Å².